The van der Waals surface area contributed by atoms with Crippen LogP contribution in [0.4, 0.5) is 5.82 Å². The summed E-state index contributed by atoms with van der Waals surface area (Å²) in [5.74, 6) is 0.363. The molecule has 10 heteroatoms. The molecule has 2 N–H and O–H groups in total. The number of hydrogen-bond acceptors (Lipinski definition) is 5. The van der Waals surface area contributed by atoms with Crippen molar-refractivity contribution in [3.05, 3.63) is 54.0 Å². The second-order valence-electron chi connectivity index (χ2n) is 9.84. The molecule has 0 saturated heterocycles. The van der Waals surface area contributed by atoms with Crippen molar-refractivity contribution in [2.45, 2.75) is 57.7 Å². The Morgan fingerprint density at radius 3 is 2.49 bits per heavy atom. The molecule has 9 nitrogen and oxygen atoms in total. The highest BCUT2D eigenvalue weighted by Crippen LogP contribution is 2.38. The molecular formula is C27H29N7O2S. The van der Waals surface area contributed by atoms with E-state index in [4.69, 9.17) is 17.2 Å². The smallest absolute Gasteiger partial charge is 0.257 e. The lowest BCUT2D eigenvalue weighted by Crippen LogP contribution is -2.36. The third-order valence-corrected chi connectivity index (χ3v) is 7.30. The van der Waals surface area contributed by atoms with Crippen molar-refractivity contribution in [3.63, 3.8) is 0 Å². The number of thiocarbonyl (C=S) groups is 1. The Kier molecular flexibility index (Phi) is 5.91. The first kappa shape index (κ1) is 23.6. The standard InChI is InChI=1S/C27H29N7O2S/c1-3-33-19(14-21(35)34(17-9-10-17)18-11-12-18)13-20-23-22(28-15-32(23)2)24(29-25(20)33)30-27(37)31-26(36)16-7-5-4-6-8-16/h4-8,13,15,17-18H,3,9-12,14H2,1-2H3,(H2,29,30,31,36,37). The summed E-state index contributed by atoms with van der Waals surface area (Å²) in [6.45, 7) is 2.73. The summed E-state index contributed by atoms with van der Waals surface area (Å²) in [6, 6.07) is 11.8. The SMILES string of the molecule is CCn1c(CC(=O)N(C2CC2)C2CC2)cc2c3c(ncn3C)c(NC(=S)NC(=O)c3ccccc3)nc21. The Labute approximate surface area is 219 Å². The number of carbonyl (C=O) groups excluding carboxylic acids is 2. The van der Waals surface area contributed by atoms with E-state index >= 15 is 0 Å². The topological polar surface area (TPSA) is 97.1 Å². The van der Waals surface area contributed by atoms with Gasteiger partial charge in [0.2, 0.25) is 5.91 Å². The third-order valence-electron chi connectivity index (χ3n) is 7.10. The number of pyridine rings is 1. The Bertz CT molecular complexity index is 1520. The number of aryl methyl sites for hydroxylation is 2. The molecule has 0 radical (unpaired) electrons. The zero-order chi connectivity index (χ0) is 25.7. The van der Waals surface area contributed by atoms with E-state index in [9.17, 15) is 9.59 Å². The van der Waals surface area contributed by atoms with Gasteiger partial charge in [0.1, 0.15) is 11.2 Å². The minimum Gasteiger partial charge on any atom is -0.336 e. The van der Waals surface area contributed by atoms with Crippen LogP contribution in [0, 0.1) is 0 Å². The minimum atomic E-state index is -0.301. The van der Waals surface area contributed by atoms with E-state index in [2.05, 4.69) is 38.1 Å². The predicted octanol–water partition coefficient (Wildman–Crippen LogP) is 3.77. The Morgan fingerprint density at radius 2 is 1.84 bits per heavy atom. The lowest BCUT2D eigenvalue weighted by molar-refractivity contribution is -0.131. The van der Waals surface area contributed by atoms with E-state index in [0.29, 0.717) is 41.9 Å². The molecule has 190 valence electrons. The average Bonchev–Trinajstić information content (AvgIpc) is 3.82. The van der Waals surface area contributed by atoms with Crippen molar-refractivity contribution in [2.24, 2.45) is 7.05 Å². The van der Waals surface area contributed by atoms with Gasteiger partial charge in [0.25, 0.3) is 5.91 Å². The first-order chi connectivity index (χ1) is 17.9. The van der Waals surface area contributed by atoms with Gasteiger partial charge in [-0.2, -0.15) is 0 Å². The van der Waals surface area contributed by atoms with Gasteiger partial charge in [0.15, 0.2) is 10.9 Å². The monoisotopic (exact) mass is 515 g/mol. The van der Waals surface area contributed by atoms with E-state index in [1.54, 1.807) is 30.6 Å². The quantitative estimate of drug-likeness (QED) is 0.364. The molecule has 0 bridgehead atoms. The number of nitrogens with zero attached hydrogens (tertiary/aromatic N) is 5. The number of carbonyl (C=O) groups is 2. The van der Waals surface area contributed by atoms with Crippen LogP contribution in [0.3, 0.4) is 0 Å². The van der Waals surface area contributed by atoms with Gasteiger partial charge in [-0.25, -0.2) is 9.97 Å². The highest BCUT2D eigenvalue weighted by Gasteiger charge is 2.42. The molecule has 2 aliphatic carbocycles. The zero-order valence-electron chi connectivity index (χ0n) is 20.9. The summed E-state index contributed by atoms with van der Waals surface area (Å²) < 4.78 is 4.04. The number of benzene rings is 1. The normalized spacial score (nSPS) is 15.2. The Hall–Kier alpha value is -3.79. The molecular weight excluding hydrogens is 486 g/mol. The molecule has 0 unspecified atom stereocenters. The molecule has 0 aliphatic heterocycles. The fourth-order valence-electron chi connectivity index (χ4n) is 5.11. The maximum atomic E-state index is 13.3. The second kappa shape index (κ2) is 9.26. The molecule has 37 heavy (non-hydrogen) atoms. The van der Waals surface area contributed by atoms with E-state index < -0.39 is 0 Å². The third kappa shape index (κ3) is 4.46. The summed E-state index contributed by atoms with van der Waals surface area (Å²) in [5, 5.41) is 6.88. The molecule has 0 spiro atoms. The molecule has 4 aromatic rings. The van der Waals surface area contributed by atoms with E-state index in [0.717, 1.165) is 47.9 Å². The summed E-state index contributed by atoms with van der Waals surface area (Å²) >= 11 is 5.44. The lowest BCUT2D eigenvalue weighted by Gasteiger charge is -2.22. The highest BCUT2D eigenvalue weighted by atomic mass is 32.1. The summed E-state index contributed by atoms with van der Waals surface area (Å²) in [4.78, 5) is 37.5. The zero-order valence-corrected chi connectivity index (χ0v) is 21.7. The summed E-state index contributed by atoms with van der Waals surface area (Å²) in [7, 11) is 1.93. The van der Waals surface area contributed by atoms with Crippen LogP contribution in [-0.4, -0.2) is 53.0 Å². The molecule has 3 heterocycles. The first-order valence-electron chi connectivity index (χ1n) is 12.8. The van der Waals surface area contributed by atoms with Gasteiger partial charge >= 0.3 is 0 Å². The first-order valence-corrected chi connectivity index (χ1v) is 13.2. The number of nitrogens with one attached hydrogen (secondary N) is 2. The maximum absolute atomic E-state index is 13.3. The van der Waals surface area contributed by atoms with Crippen LogP contribution in [0.5, 0.6) is 0 Å². The van der Waals surface area contributed by atoms with Crippen molar-refractivity contribution in [3.8, 4) is 0 Å². The van der Waals surface area contributed by atoms with Crippen LogP contribution < -0.4 is 10.6 Å². The second-order valence-corrected chi connectivity index (χ2v) is 10.3. The fraction of sp³-hybridized carbons (Fsp3) is 0.370. The van der Waals surface area contributed by atoms with Crippen LogP contribution in [0.2, 0.25) is 0 Å². The number of hydrogen-bond donors (Lipinski definition) is 2. The van der Waals surface area contributed by atoms with E-state index in [1.807, 2.05) is 17.7 Å². The molecule has 0 atom stereocenters. The molecule has 2 saturated carbocycles. The van der Waals surface area contributed by atoms with E-state index in [-0.39, 0.29) is 16.9 Å². The fourth-order valence-corrected chi connectivity index (χ4v) is 5.30. The van der Waals surface area contributed by atoms with Crippen molar-refractivity contribution < 1.29 is 9.59 Å². The molecule has 2 aliphatic rings. The number of anilines is 1. The summed E-state index contributed by atoms with van der Waals surface area (Å²) in [6.07, 6.45) is 6.55. The van der Waals surface area contributed by atoms with Gasteiger partial charge in [-0.05, 0) is 63.0 Å². The molecule has 2 amide bonds. The lowest BCUT2D eigenvalue weighted by atomic mass is 10.2. The van der Waals surface area contributed by atoms with Crippen LogP contribution >= 0.6 is 12.2 Å². The highest BCUT2D eigenvalue weighted by molar-refractivity contribution is 7.80. The minimum absolute atomic E-state index is 0.141. The largest absolute Gasteiger partial charge is 0.336 e. The molecule has 6 rings (SSSR count). The van der Waals surface area contributed by atoms with Gasteiger partial charge in [-0.15, -0.1) is 0 Å². The van der Waals surface area contributed by atoms with Crippen molar-refractivity contribution >= 4 is 57.0 Å². The number of imidazole rings is 1. The molecule has 2 fully saturated rings. The number of amides is 2. The van der Waals surface area contributed by atoms with Crippen LogP contribution in [0.25, 0.3) is 22.1 Å². The van der Waals surface area contributed by atoms with Gasteiger partial charge in [-0.3, -0.25) is 14.9 Å². The van der Waals surface area contributed by atoms with Crippen LogP contribution in [-0.2, 0) is 24.8 Å². The van der Waals surface area contributed by atoms with Crippen LogP contribution in [0.1, 0.15) is 48.7 Å². The summed E-state index contributed by atoms with van der Waals surface area (Å²) in [5.41, 5.74) is 3.76. The number of fused-ring (bicyclic) bond motifs is 3. The number of aromatic nitrogens is 4. The average molecular weight is 516 g/mol. The van der Waals surface area contributed by atoms with Crippen molar-refractivity contribution in [1.29, 1.82) is 0 Å². The van der Waals surface area contributed by atoms with Gasteiger partial charge in [-0.1, -0.05) is 18.2 Å². The van der Waals surface area contributed by atoms with Gasteiger partial charge in [0.05, 0.1) is 18.3 Å². The Morgan fingerprint density at radius 1 is 1.14 bits per heavy atom. The Balaban J connectivity index is 1.33. The maximum Gasteiger partial charge on any atom is 0.257 e. The van der Waals surface area contributed by atoms with Crippen molar-refractivity contribution in [1.82, 2.24) is 29.3 Å². The van der Waals surface area contributed by atoms with Gasteiger partial charge in [0, 0.05) is 42.3 Å². The van der Waals surface area contributed by atoms with Gasteiger partial charge < -0.3 is 19.4 Å². The van der Waals surface area contributed by atoms with Crippen molar-refractivity contribution in [2.75, 3.05) is 5.32 Å². The van der Waals surface area contributed by atoms with E-state index in [1.165, 1.54) is 0 Å². The number of rotatable bonds is 7. The van der Waals surface area contributed by atoms with Crippen LogP contribution in [0.15, 0.2) is 42.7 Å². The predicted molar refractivity (Wildman–Crippen MR) is 146 cm³/mol. The molecule has 3 aromatic heterocycles. The molecule has 1 aromatic carbocycles.